The van der Waals surface area contributed by atoms with Crippen molar-refractivity contribution in [3.05, 3.63) is 29.8 Å². The SMILES string of the molecule is NCC(=O)c1cccc(SC(F)(F)F)c1. The monoisotopic (exact) mass is 235 g/mol. The minimum Gasteiger partial charge on any atom is -0.324 e. The molecule has 82 valence electrons. The van der Waals surface area contributed by atoms with E-state index in [-0.39, 0.29) is 34.5 Å². The van der Waals surface area contributed by atoms with Crippen molar-refractivity contribution in [3.63, 3.8) is 0 Å². The van der Waals surface area contributed by atoms with Gasteiger partial charge in [0.2, 0.25) is 0 Å². The molecule has 6 heteroatoms. The minimum absolute atomic E-state index is 0.0122. The van der Waals surface area contributed by atoms with Crippen LogP contribution in [-0.4, -0.2) is 17.8 Å². The second kappa shape index (κ2) is 4.67. The molecule has 1 aromatic rings. The zero-order valence-electron chi connectivity index (χ0n) is 7.54. The molecular formula is C9H8F3NOS. The van der Waals surface area contributed by atoms with E-state index in [2.05, 4.69) is 0 Å². The Balaban J connectivity index is 2.88. The first-order valence-electron chi connectivity index (χ1n) is 4.01. The normalized spacial score (nSPS) is 11.5. The number of nitrogens with two attached hydrogens (primary N) is 1. The summed E-state index contributed by atoms with van der Waals surface area (Å²) >= 11 is -0.250. The molecule has 0 aliphatic heterocycles. The van der Waals surface area contributed by atoms with Crippen LogP contribution in [0.2, 0.25) is 0 Å². The highest BCUT2D eigenvalue weighted by molar-refractivity contribution is 8.00. The molecule has 0 saturated carbocycles. The number of rotatable bonds is 3. The first kappa shape index (κ1) is 12.1. The molecule has 2 nitrogen and oxygen atoms in total. The van der Waals surface area contributed by atoms with Crippen LogP contribution in [0, 0.1) is 0 Å². The van der Waals surface area contributed by atoms with Gasteiger partial charge in [-0.2, -0.15) is 13.2 Å². The summed E-state index contributed by atoms with van der Waals surface area (Å²) in [5, 5.41) is 0. The molecule has 0 saturated heterocycles. The zero-order chi connectivity index (χ0) is 11.5. The number of alkyl halides is 3. The fraction of sp³-hybridized carbons (Fsp3) is 0.222. The molecule has 15 heavy (non-hydrogen) atoms. The van der Waals surface area contributed by atoms with Crippen LogP contribution in [0.4, 0.5) is 13.2 Å². The van der Waals surface area contributed by atoms with Gasteiger partial charge in [0.1, 0.15) is 0 Å². The lowest BCUT2D eigenvalue weighted by Crippen LogP contribution is -2.13. The summed E-state index contributed by atoms with van der Waals surface area (Å²) in [5.74, 6) is -0.375. The standard InChI is InChI=1S/C9H8F3NOS/c10-9(11,12)15-7-3-1-2-6(4-7)8(14)5-13/h1-4H,5,13H2. The lowest BCUT2D eigenvalue weighted by Gasteiger charge is -2.06. The molecule has 0 aromatic heterocycles. The second-order valence-corrected chi connectivity index (χ2v) is 3.84. The third-order valence-electron chi connectivity index (χ3n) is 1.57. The van der Waals surface area contributed by atoms with Gasteiger partial charge in [-0.25, -0.2) is 0 Å². The molecule has 2 N–H and O–H groups in total. The molecule has 0 radical (unpaired) electrons. The van der Waals surface area contributed by atoms with Crippen LogP contribution >= 0.6 is 11.8 Å². The van der Waals surface area contributed by atoms with E-state index in [4.69, 9.17) is 5.73 Å². The lowest BCUT2D eigenvalue weighted by atomic mass is 10.1. The average molecular weight is 235 g/mol. The molecule has 0 fully saturated rings. The molecule has 1 aromatic carbocycles. The van der Waals surface area contributed by atoms with Crippen molar-refractivity contribution in [3.8, 4) is 0 Å². The van der Waals surface area contributed by atoms with Gasteiger partial charge in [0, 0.05) is 10.5 Å². The van der Waals surface area contributed by atoms with Crippen LogP contribution in [0.3, 0.4) is 0 Å². The van der Waals surface area contributed by atoms with Crippen molar-refractivity contribution in [2.24, 2.45) is 5.73 Å². The number of thioether (sulfide) groups is 1. The van der Waals surface area contributed by atoms with E-state index in [9.17, 15) is 18.0 Å². The third-order valence-corrected chi connectivity index (χ3v) is 2.30. The summed E-state index contributed by atoms with van der Waals surface area (Å²) in [6.07, 6.45) is 0. The van der Waals surface area contributed by atoms with E-state index in [1.165, 1.54) is 24.3 Å². The number of carbonyl (C=O) groups excluding carboxylic acids is 1. The summed E-state index contributed by atoms with van der Waals surface area (Å²) in [6, 6.07) is 5.32. The van der Waals surface area contributed by atoms with Gasteiger partial charge in [-0.1, -0.05) is 12.1 Å². The molecule has 1 rings (SSSR count). The van der Waals surface area contributed by atoms with E-state index < -0.39 is 5.51 Å². The van der Waals surface area contributed by atoms with E-state index in [1.54, 1.807) is 0 Å². The molecular weight excluding hydrogens is 227 g/mol. The number of hydrogen-bond donors (Lipinski definition) is 1. The maximum Gasteiger partial charge on any atom is 0.446 e. The molecule has 0 spiro atoms. The third kappa shape index (κ3) is 3.93. The maximum absolute atomic E-state index is 12.0. The van der Waals surface area contributed by atoms with Gasteiger partial charge in [-0.15, -0.1) is 0 Å². The van der Waals surface area contributed by atoms with E-state index in [1.807, 2.05) is 0 Å². The largest absolute Gasteiger partial charge is 0.446 e. The van der Waals surface area contributed by atoms with Gasteiger partial charge in [-0.05, 0) is 23.9 Å². The topological polar surface area (TPSA) is 43.1 Å². The summed E-state index contributed by atoms with van der Waals surface area (Å²) < 4.78 is 36.0. The van der Waals surface area contributed by atoms with E-state index in [0.717, 1.165) is 0 Å². The van der Waals surface area contributed by atoms with Gasteiger partial charge in [0.05, 0.1) is 6.54 Å². The van der Waals surface area contributed by atoms with Crippen LogP contribution in [0.1, 0.15) is 10.4 Å². The predicted octanol–water partition coefficient (Wildman–Crippen LogP) is 2.44. The van der Waals surface area contributed by atoms with Crippen LogP contribution in [0.15, 0.2) is 29.2 Å². The number of ketones is 1. The molecule has 0 aliphatic carbocycles. The average Bonchev–Trinajstić information content (AvgIpc) is 2.14. The zero-order valence-corrected chi connectivity index (χ0v) is 8.36. The molecule has 0 atom stereocenters. The van der Waals surface area contributed by atoms with Crippen molar-refractivity contribution < 1.29 is 18.0 Å². The number of Topliss-reactive ketones (excluding diaryl/α,β-unsaturated/α-hetero) is 1. The van der Waals surface area contributed by atoms with Crippen molar-refractivity contribution in [1.29, 1.82) is 0 Å². The number of halogens is 3. The number of carbonyl (C=O) groups is 1. The summed E-state index contributed by atoms with van der Waals surface area (Å²) in [6.45, 7) is -0.208. The van der Waals surface area contributed by atoms with Gasteiger partial charge in [-0.3, -0.25) is 4.79 Å². The minimum atomic E-state index is -4.34. The smallest absolute Gasteiger partial charge is 0.324 e. The first-order chi connectivity index (χ1) is 6.92. The highest BCUT2D eigenvalue weighted by atomic mass is 32.2. The predicted molar refractivity (Wildman–Crippen MR) is 51.7 cm³/mol. The Kier molecular flexibility index (Phi) is 3.76. The Hall–Kier alpha value is -1.01. The van der Waals surface area contributed by atoms with Crippen molar-refractivity contribution >= 4 is 17.5 Å². The maximum atomic E-state index is 12.0. The first-order valence-corrected chi connectivity index (χ1v) is 4.83. The lowest BCUT2D eigenvalue weighted by molar-refractivity contribution is -0.0328. The van der Waals surface area contributed by atoms with Crippen LogP contribution in [0.25, 0.3) is 0 Å². The van der Waals surface area contributed by atoms with E-state index in [0.29, 0.717) is 0 Å². The summed E-state index contributed by atoms with van der Waals surface area (Å²) in [5.41, 5.74) is 0.961. The van der Waals surface area contributed by atoms with Crippen LogP contribution < -0.4 is 5.73 Å². The van der Waals surface area contributed by atoms with Crippen LogP contribution in [-0.2, 0) is 0 Å². The molecule has 0 aliphatic rings. The van der Waals surface area contributed by atoms with Crippen molar-refractivity contribution in [1.82, 2.24) is 0 Å². The fourth-order valence-electron chi connectivity index (χ4n) is 0.985. The summed E-state index contributed by atoms with van der Waals surface area (Å²) in [7, 11) is 0. The quantitative estimate of drug-likeness (QED) is 0.646. The molecule has 0 unspecified atom stereocenters. The van der Waals surface area contributed by atoms with Gasteiger partial charge < -0.3 is 5.73 Å². The molecule has 0 amide bonds. The Bertz CT molecular complexity index is 365. The summed E-state index contributed by atoms with van der Waals surface area (Å²) in [4.78, 5) is 11.1. The highest BCUT2D eigenvalue weighted by Crippen LogP contribution is 2.36. The Morgan fingerprint density at radius 3 is 2.60 bits per heavy atom. The Morgan fingerprint density at radius 2 is 2.07 bits per heavy atom. The van der Waals surface area contributed by atoms with Gasteiger partial charge in [0.25, 0.3) is 0 Å². The second-order valence-electron chi connectivity index (χ2n) is 2.70. The van der Waals surface area contributed by atoms with Crippen molar-refractivity contribution in [2.45, 2.75) is 10.4 Å². The Labute approximate surface area is 88.6 Å². The molecule has 0 heterocycles. The Morgan fingerprint density at radius 1 is 1.40 bits per heavy atom. The highest BCUT2D eigenvalue weighted by Gasteiger charge is 2.29. The van der Waals surface area contributed by atoms with Gasteiger partial charge in [0.15, 0.2) is 5.78 Å². The van der Waals surface area contributed by atoms with Gasteiger partial charge >= 0.3 is 5.51 Å². The van der Waals surface area contributed by atoms with Crippen LogP contribution in [0.5, 0.6) is 0 Å². The fourth-order valence-corrected chi connectivity index (χ4v) is 1.58. The number of benzene rings is 1. The molecule has 0 bridgehead atoms. The number of hydrogen-bond acceptors (Lipinski definition) is 3. The van der Waals surface area contributed by atoms with E-state index >= 15 is 0 Å². The van der Waals surface area contributed by atoms with Crippen molar-refractivity contribution in [2.75, 3.05) is 6.54 Å².